The van der Waals surface area contributed by atoms with Crippen LogP contribution < -0.4 is 0 Å². The van der Waals surface area contributed by atoms with Crippen molar-refractivity contribution < 1.29 is 4.70 Å². The number of halogens is 1. The van der Waals surface area contributed by atoms with Crippen LogP contribution in [-0.2, 0) is 0 Å². The molecule has 0 spiro atoms. The molecule has 0 aliphatic carbocycles. The Morgan fingerprint density at radius 2 is 1.43 bits per heavy atom. The molecule has 0 aliphatic heterocycles. The lowest BCUT2D eigenvalue weighted by Gasteiger charge is -1.49. The van der Waals surface area contributed by atoms with Gasteiger partial charge in [-0.05, 0) is 12.1 Å². The van der Waals surface area contributed by atoms with Crippen molar-refractivity contribution in [2.75, 3.05) is 0 Å². The van der Waals surface area contributed by atoms with E-state index < -0.39 is 0 Å². The summed E-state index contributed by atoms with van der Waals surface area (Å²) in [4.78, 5) is 2.86. The van der Waals surface area contributed by atoms with E-state index in [1.165, 1.54) is 0 Å². The van der Waals surface area contributed by atoms with E-state index in [1.807, 2.05) is 24.5 Å². The van der Waals surface area contributed by atoms with E-state index in [0.29, 0.717) is 0 Å². The van der Waals surface area contributed by atoms with E-state index in [1.54, 1.807) is 0 Å². The summed E-state index contributed by atoms with van der Waals surface area (Å²) in [5, 5.41) is 0. The highest BCUT2D eigenvalue weighted by atomic mass is 19.0. The third kappa shape index (κ3) is 3.10. The molecule has 0 radical (unpaired) electrons. The predicted octanol–water partition coefficient (Wildman–Crippen LogP) is -0.0167. The van der Waals surface area contributed by atoms with Gasteiger partial charge in [-0.15, -0.1) is 0 Å². The second kappa shape index (κ2) is 5.27. The normalized spacial score (nSPS) is 5.71. The van der Waals surface area contributed by atoms with Crippen LogP contribution in [0.2, 0.25) is 0 Å². The molecule has 3 heteroatoms. The van der Waals surface area contributed by atoms with Gasteiger partial charge in [0, 0.05) is 12.4 Å². The molecule has 1 N–H and O–H groups in total. The van der Waals surface area contributed by atoms with E-state index in [9.17, 15) is 0 Å². The van der Waals surface area contributed by atoms with Crippen LogP contribution in [-0.4, -0.2) is 13.4 Å². The molecule has 7 heavy (non-hydrogen) atoms. The van der Waals surface area contributed by atoms with Gasteiger partial charge < -0.3 is 4.98 Å². The van der Waals surface area contributed by atoms with Gasteiger partial charge in [-0.3, -0.25) is 4.70 Å². The van der Waals surface area contributed by atoms with Gasteiger partial charge in [-0.1, -0.05) is 0 Å². The Morgan fingerprint density at radius 1 is 1.00 bits per heavy atom. The number of aromatic amines is 1. The fourth-order valence-electron chi connectivity index (χ4n) is 0.278. The number of aromatic nitrogens is 1. The molecule has 0 bridgehead atoms. The highest BCUT2D eigenvalue weighted by Crippen LogP contribution is 1.72. The van der Waals surface area contributed by atoms with Crippen molar-refractivity contribution in [2.45, 2.75) is 0 Å². The van der Waals surface area contributed by atoms with Crippen LogP contribution in [0.25, 0.3) is 0 Å². The van der Waals surface area contributed by atoms with Crippen LogP contribution in [0.15, 0.2) is 24.5 Å². The maximum Gasteiger partial charge on any atom is 0.0814 e. The standard InChI is InChI=1S/C4H5N.BH3.FH/c1-2-4-5-3-1;;/h1-5H;1H3;1H. The third-order valence-electron chi connectivity index (χ3n) is 0.496. The van der Waals surface area contributed by atoms with Gasteiger partial charge in [-0.2, -0.15) is 0 Å². The molecule has 0 aromatic carbocycles. The van der Waals surface area contributed by atoms with E-state index in [0.717, 1.165) is 0 Å². The van der Waals surface area contributed by atoms with Gasteiger partial charge in [-0.25, -0.2) is 0 Å². The van der Waals surface area contributed by atoms with Crippen molar-refractivity contribution in [2.24, 2.45) is 0 Å². The Labute approximate surface area is 43.7 Å². The molecule has 0 unspecified atom stereocenters. The molecular formula is C4H9BFN. The molecule has 1 aromatic rings. The monoisotopic (exact) mass is 101 g/mol. The molecule has 1 nitrogen and oxygen atoms in total. The first-order valence-corrected chi connectivity index (χ1v) is 1.58. The van der Waals surface area contributed by atoms with Crippen molar-refractivity contribution >= 4 is 8.41 Å². The van der Waals surface area contributed by atoms with Crippen molar-refractivity contribution in [3.8, 4) is 0 Å². The molecule has 1 aromatic heterocycles. The fraction of sp³-hybridized carbons (Fsp3) is 0. The fourth-order valence-corrected chi connectivity index (χ4v) is 0.278. The largest absolute Gasteiger partial charge is 0.368 e. The molecule has 1 rings (SSSR count). The average Bonchev–Trinajstić information content (AvgIpc) is 1.76. The van der Waals surface area contributed by atoms with Crippen LogP contribution in [0.1, 0.15) is 0 Å². The summed E-state index contributed by atoms with van der Waals surface area (Å²) < 4.78 is 0. The first-order chi connectivity index (χ1) is 2.50. The summed E-state index contributed by atoms with van der Waals surface area (Å²) >= 11 is 0. The lowest BCUT2D eigenvalue weighted by atomic mass is 10.7. The Bertz CT molecular complexity index is 68.2. The Balaban J connectivity index is 0. The number of rotatable bonds is 0. The summed E-state index contributed by atoms with van der Waals surface area (Å²) in [6.07, 6.45) is 3.75. The minimum atomic E-state index is 0. The molecule has 0 aliphatic rings. The lowest BCUT2D eigenvalue weighted by Crippen LogP contribution is -1.38. The molecule has 0 saturated heterocycles. The third-order valence-corrected chi connectivity index (χ3v) is 0.496. The molecule has 0 atom stereocenters. The van der Waals surface area contributed by atoms with Crippen molar-refractivity contribution in [3.05, 3.63) is 24.5 Å². The Hall–Kier alpha value is -0.725. The van der Waals surface area contributed by atoms with Crippen LogP contribution in [0.4, 0.5) is 4.70 Å². The molecule has 0 amide bonds. The van der Waals surface area contributed by atoms with Gasteiger partial charge in [0.15, 0.2) is 0 Å². The zero-order chi connectivity index (χ0) is 3.54. The zero-order valence-electron chi connectivity index (χ0n) is 3.22. The van der Waals surface area contributed by atoms with Gasteiger partial charge in [0.2, 0.25) is 0 Å². The smallest absolute Gasteiger partial charge is 0.0814 e. The molecular weight excluding hydrogens is 91.9 g/mol. The molecule has 1 heterocycles. The minimum absolute atomic E-state index is 0. The van der Waals surface area contributed by atoms with Gasteiger partial charge in [0.25, 0.3) is 0 Å². The lowest BCUT2D eigenvalue weighted by molar-refractivity contribution is 1.11. The van der Waals surface area contributed by atoms with E-state index in [2.05, 4.69) is 4.98 Å². The summed E-state index contributed by atoms with van der Waals surface area (Å²) in [7, 11) is 0. The number of nitrogens with one attached hydrogen (secondary N) is 1. The summed E-state index contributed by atoms with van der Waals surface area (Å²) in [6, 6.07) is 3.89. The first-order valence-electron chi connectivity index (χ1n) is 1.58. The topological polar surface area (TPSA) is 15.8 Å². The van der Waals surface area contributed by atoms with Gasteiger partial charge in [0.1, 0.15) is 0 Å². The highest BCUT2D eigenvalue weighted by molar-refractivity contribution is 5.75. The first kappa shape index (κ1) is 9.55. The zero-order valence-corrected chi connectivity index (χ0v) is 3.22. The number of H-pyrrole nitrogens is 1. The minimum Gasteiger partial charge on any atom is -0.368 e. The van der Waals surface area contributed by atoms with Crippen molar-refractivity contribution in [1.82, 2.24) is 4.98 Å². The Morgan fingerprint density at radius 3 is 1.57 bits per heavy atom. The van der Waals surface area contributed by atoms with Crippen LogP contribution >= 0.6 is 0 Å². The molecule has 40 valence electrons. The quantitative estimate of drug-likeness (QED) is 0.442. The maximum absolute atomic E-state index is 2.86. The molecule has 0 fully saturated rings. The maximum atomic E-state index is 2.86. The van der Waals surface area contributed by atoms with Crippen LogP contribution in [0.5, 0.6) is 0 Å². The summed E-state index contributed by atoms with van der Waals surface area (Å²) in [5.41, 5.74) is 0. The highest BCUT2D eigenvalue weighted by Gasteiger charge is 1.55. The second-order valence-electron chi connectivity index (χ2n) is 0.885. The number of hydrogen-bond acceptors (Lipinski definition) is 0. The second-order valence-corrected chi connectivity index (χ2v) is 0.885. The molecule has 0 saturated carbocycles. The van der Waals surface area contributed by atoms with E-state index in [4.69, 9.17) is 0 Å². The van der Waals surface area contributed by atoms with Gasteiger partial charge >= 0.3 is 0 Å². The SMILES string of the molecule is B.F.c1cc[nH]c1. The number of hydrogen-bond donors (Lipinski definition) is 1. The van der Waals surface area contributed by atoms with Crippen molar-refractivity contribution in [3.63, 3.8) is 0 Å². The van der Waals surface area contributed by atoms with Crippen LogP contribution in [0, 0.1) is 0 Å². The van der Waals surface area contributed by atoms with E-state index >= 15 is 0 Å². The van der Waals surface area contributed by atoms with E-state index in [-0.39, 0.29) is 13.1 Å². The predicted molar refractivity (Wildman–Crippen MR) is 33.2 cm³/mol. The van der Waals surface area contributed by atoms with Crippen molar-refractivity contribution in [1.29, 1.82) is 0 Å². The Kier molecular flexibility index (Phi) is 7.20. The summed E-state index contributed by atoms with van der Waals surface area (Å²) in [5.74, 6) is 0. The van der Waals surface area contributed by atoms with Crippen LogP contribution in [0.3, 0.4) is 0 Å². The average molecular weight is 101 g/mol. The van der Waals surface area contributed by atoms with Gasteiger partial charge in [0.05, 0.1) is 8.41 Å². The summed E-state index contributed by atoms with van der Waals surface area (Å²) in [6.45, 7) is 0.